The third-order valence-corrected chi connectivity index (χ3v) is 4.80. The number of halogens is 1. The summed E-state index contributed by atoms with van der Waals surface area (Å²) >= 11 is 0. The fourth-order valence-corrected chi connectivity index (χ4v) is 3.31. The lowest BCUT2D eigenvalue weighted by Crippen LogP contribution is -2.31. The molecule has 5 nitrogen and oxygen atoms in total. The Morgan fingerprint density at radius 2 is 1.79 bits per heavy atom. The Morgan fingerprint density at radius 1 is 1.11 bits per heavy atom. The van der Waals surface area contributed by atoms with Crippen LogP contribution in [0.4, 0.5) is 15.8 Å². The molecule has 1 aliphatic rings. The number of rotatable bonds is 9. The lowest BCUT2D eigenvalue weighted by Gasteiger charge is -2.18. The van der Waals surface area contributed by atoms with Crippen molar-refractivity contribution in [1.29, 1.82) is 0 Å². The van der Waals surface area contributed by atoms with Gasteiger partial charge in [-0.2, -0.15) is 0 Å². The Kier molecular flexibility index (Phi) is 7.25. The van der Waals surface area contributed by atoms with E-state index in [4.69, 9.17) is 4.74 Å². The SMILES string of the molecule is CN(CCCOc1ccc(F)cc1)CC(=O)Nc1ccc(N2CCCC2)cc1. The molecule has 0 aliphatic carbocycles. The van der Waals surface area contributed by atoms with Gasteiger partial charge in [-0.25, -0.2) is 4.39 Å². The lowest BCUT2D eigenvalue weighted by molar-refractivity contribution is -0.117. The Balaban J connectivity index is 1.34. The average molecular weight is 385 g/mol. The van der Waals surface area contributed by atoms with Crippen LogP contribution >= 0.6 is 0 Å². The number of hydrogen-bond donors (Lipinski definition) is 1. The highest BCUT2D eigenvalue weighted by Gasteiger charge is 2.12. The normalized spacial score (nSPS) is 13.8. The van der Waals surface area contributed by atoms with Crippen LogP contribution in [0.25, 0.3) is 0 Å². The predicted molar refractivity (Wildman–Crippen MR) is 111 cm³/mol. The standard InChI is InChI=1S/C22H28FN3O2/c1-25(13-4-16-28-21-11-5-18(23)6-12-21)17-22(27)24-19-7-9-20(10-8-19)26-14-2-3-15-26/h5-12H,2-4,13-17H2,1H3,(H,24,27). The summed E-state index contributed by atoms with van der Waals surface area (Å²) in [5.74, 6) is 0.346. The van der Waals surface area contributed by atoms with E-state index in [-0.39, 0.29) is 11.7 Å². The Labute approximate surface area is 166 Å². The summed E-state index contributed by atoms with van der Waals surface area (Å²) in [5.41, 5.74) is 2.04. The van der Waals surface area contributed by atoms with Crippen LogP contribution in [0.3, 0.4) is 0 Å². The predicted octanol–water partition coefficient (Wildman–Crippen LogP) is 3.77. The van der Waals surface area contributed by atoms with Crippen molar-refractivity contribution >= 4 is 17.3 Å². The smallest absolute Gasteiger partial charge is 0.238 e. The molecule has 0 atom stereocenters. The van der Waals surface area contributed by atoms with Gasteiger partial charge >= 0.3 is 0 Å². The largest absolute Gasteiger partial charge is 0.494 e. The third kappa shape index (κ3) is 6.23. The van der Waals surface area contributed by atoms with Gasteiger partial charge < -0.3 is 15.0 Å². The van der Waals surface area contributed by atoms with Gasteiger partial charge in [0.1, 0.15) is 11.6 Å². The molecule has 1 amide bonds. The number of likely N-dealkylation sites (N-methyl/N-ethyl adjacent to an activating group) is 1. The highest BCUT2D eigenvalue weighted by Crippen LogP contribution is 2.22. The van der Waals surface area contributed by atoms with Crippen molar-refractivity contribution in [3.05, 3.63) is 54.3 Å². The number of nitrogens with one attached hydrogen (secondary N) is 1. The first-order chi connectivity index (χ1) is 13.6. The average Bonchev–Trinajstić information content (AvgIpc) is 3.22. The molecule has 0 radical (unpaired) electrons. The fraction of sp³-hybridized carbons (Fsp3) is 0.409. The van der Waals surface area contributed by atoms with Gasteiger partial charge in [-0.05, 0) is 74.8 Å². The zero-order valence-corrected chi connectivity index (χ0v) is 16.4. The maximum absolute atomic E-state index is 12.8. The summed E-state index contributed by atoms with van der Waals surface area (Å²) in [7, 11) is 1.91. The molecular formula is C22H28FN3O2. The van der Waals surface area contributed by atoms with Gasteiger partial charge in [-0.15, -0.1) is 0 Å². The van der Waals surface area contributed by atoms with Crippen LogP contribution in [0.15, 0.2) is 48.5 Å². The van der Waals surface area contributed by atoms with Gasteiger partial charge in [0, 0.05) is 31.0 Å². The first-order valence-corrected chi connectivity index (χ1v) is 9.82. The monoisotopic (exact) mass is 385 g/mol. The molecule has 2 aromatic carbocycles. The van der Waals surface area contributed by atoms with E-state index < -0.39 is 0 Å². The van der Waals surface area contributed by atoms with Crippen LogP contribution in [0.2, 0.25) is 0 Å². The minimum Gasteiger partial charge on any atom is -0.494 e. The molecule has 0 spiro atoms. The zero-order valence-electron chi connectivity index (χ0n) is 16.4. The van der Waals surface area contributed by atoms with E-state index in [1.165, 1.54) is 30.7 Å². The molecule has 1 N–H and O–H groups in total. The molecule has 2 aromatic rings. The zero-order chi connectivity index (χ0) is 19.8. The van der Waals surface area contributed by atoms with Gasteiger partial charge in [0.15, 0.2) is 0 Å². The van der Waals surface area contributed by atoms with Crippen molar-refractivity contribution in [3.63, 3.8) is 0 Å². The van der Waals surface area contributed by atoms with E-state index >= 15 is 0 Å². The third-order valence-electron chi connectivity index (χ3n) is 4.80. The quantitative estimate of drug-likeness (QED) is 0.668. The summed E-state index contributed by atoms with van der Waals surface area (Å²) in [6.07, 6.45) is 3.28. The first kappa shape index (κ1) is 20.1. The number of ether oxygens (including phenoxy) is 1. The molecule has 0 unspecified atom stereocenters. The summed E-state index contributed by atoms with van der Waals surface area (Å²) in [6.45, 7) is 3.81. The van der Waals surface area contributed by atoms with Crippen LogP contribution in [0, 0.1) is 5.82 Å². The molecule has 1 aliphatic heterocycles. The topological polar surface area (TPSA) is 44.8 Å². The van der Waals surface area contributed by atoms with Crippen LogP contribution < -0.4 is 15.0 Å². The van der Waals surface area contributed by atoms with Gasteiger partial charge in [-0.1, -0.05) is 0 Å². The maximum Gasteiger partial charge on any atom is 0.238 e. The van der Waals surface area contributed by atoms with Crippen LogP contribution in [-0.4, -0.2) is 50.6 Å². The number of carbonyl (C=O) groups is 1. The van der Waals surface area contributed by atoms with Crippen molar-refractivity contribution in [2.24, 2.45) is 0 Å². The van der Waals surface area contributed by atoms with Crippen LogP contribution in [0.5, 0.6) is 5.75 Å². The van der Waals surface area contributed by atoms with E-state index in [9.17, 15) is 9.18 Å². The number of amides is 1. The van der Waals surface area contributed by atoms with Gasteiger partial charge in [0.25, 0.3) is 0 Å². The van der Waals surface area contributed by atoms with Gasteiger partial charge in [0.2, 0.25) is 5.91 Å². The minimum atomic E-state index is -0.274. The van der Waals surface area contributed by atoms with E-state index in [2.05, 4.69) is 22.3 Å². The first-order valence-electron chi connectivity index (χ1n) is 9.82. The van der Waals surface area contributed by atoms with Gasteiger partial charge in [-0.3, -0.25) is 9.69 Å². The van der Waals surface area contributed by atoms with E-state index in [0.29, 0.717) is 18.9 Å². The van der Waals surface area contributed by atoms with Crippen molar-refractivity contribution in [2.75, 3.05) is 50.1 Å². The number of hydrogen-bond acceptors (Lipinski definition) is 4. The molecular weight excluding hydrogens is 357 g/mol. The number of nitrogens with zero attached hydrogens (tertiary/aromatic N) is 2. The van der Waals surface area contributed by atoms with Crippen LogP contribution in [-0.2, 0) is 4.79 Å². The summed E-state index contributed by atoms with van der Waals surface area (Å²) in [5, 5.41) is 2.95. The molecule has 28 heavy (non-hydrogen) atoms. The van der Waals surface area contributed by atoms with E-state index in [1.54, 1.807) is 12.1 Å². The molecule has 150 valence electrons. The van der Waals surface area contributed by atoms with Crippen molar-refractivity contribution < 1.29 is 13.9 Å². The van der Waals surface area contributed by atoms with Crippen LogP contribution in [0.1, 0.15) is 19.3 Å². The highest BCUT2D eigenvalue weighted by atomic mass is 19.1. The second-order valence-electron chi connectivity index (χ2n) is 7.18. The molecule has 1 saturated heterocycles. The summed E-state index contributed by atoms with van der Waals surface area (Å²) in [4.78, 5) is 16.5. The van der Waals surface area contributed by atoms with Crippen molar-refractivity contribution in [1.82, 2.24) is 4.90 Å². The fourth-order valence-electron chi connectivity index (χ4n) is 3.31. The Hall–Kier alpha value is -2.60. The molecule has 6 heteroatoms. The maximum atomic E-state index is 12.8. The highest BCUT2D eigenvalue weighted by molar-refractivity contribution is 5.92. The van der Waals surface area contributed by atoms with E-state index in [1.807, 2.05) is 24.1 Å². The molecule has 3 rings (SSSR count). The molecule has 0 saturated carbocycles. The molecule has 0 bridgehead atoms. The number of carbonyl (C=O) groups excluding carboxylic acids is 1. The number of anilines is 2. The number of benzene rings is 2. The van der Waals surface area contributed by atoms with Crippen molar-refractivity contribution in [3.8, 4) is 5.75 Å². The Morgan fingerprint density at radius 3 is 2.46 bits per heavy atom. The van der Waals surface area contributed by atoms with E-state index in [0.717, 1.165) is 31.7 Å². The molecule has 0 aromatic heterocycles. The Bertz CT molecular complexity index is 743. The van der Waals surface area contributed by atoms with Gasteiger partial charge in [0.05, 0.1) is 13.2 Å². The lowest BCUT2D eigenvalue weighted by atomic mass is 10.2. The molecule has 1 fully saturated rings. The second-order valence-corrected chi connectivity index (χ2v) is 7.18. The summed E-state index contributed by atoms with van der Waals surface area (Å²) < 4.78 is 18.4. The second kappa shape index (κ2) is 10.1. The minimum absolute atomic E-state index is 0.0316. The molecule has 1 heterocycles. The van der Waals surface area contributed by atoms with Crippen molar-refractivity contribution in [2.45, 2.75) is 19.3 Å². The summed E-state index contributed by atoms with van der Waals surface area (Å²) in [6, 6.07) is 14.0.